The maximum absolute atomic E-state index is 10.3. The Morgan fingerprint density at radius 2 is 1.08 bits per heavy atom. The summed E-state index contributed by atoms with van der Waals surface area (Å²) in [5.74, 6) is 5.93. The summed E-state index contributed by atoms with van der Waals surface area (Å²) < 4.78 is 32.1. The summed E-state index contributed by atoms with van der Waals surface area (Å²) in [6.07, 6.45) is 16.6. The van der Waals surface area contributed by atoms with Crippen LogP contribution >= 0.6 is 15.9 Å². The zero-order valence-corrected chi connectivity index (χ0v) is 28.3. The van der Waals surface area contributed by atoms with Crippen molar-refractivity contribution in [3.05, 3.63) is 30.3 Å². The van der Waals surface area contributed by atoms with Gasteiger partial charge in [0.15, 0.2) is 0 Å². The van der Waals surface area contributed by atoms with E-state index in [9.17, 15) is 13.0 Å². The van der Waals surface area contributed by atoms with Crippen molar-refractivity contribution < 1.29 is 17.5 Å². The average molecular weight is 629 g/mol. The van der Waals surface area contributed by atoms with E-state index < -0.39 is 10.1 Å². The highest BCUT2D eigenvalue weighted by molar-refractivity contribution is 9.12. The molecule has 226 valence electrons. The number of nitrogens with zero attached hydrogens (tertiary/aromatic N) is 1. The maximum atomic E-state index is 10.3. The number of hydrogen-bond acceptors (Lipinski definition) is 3. The first-order chi connectivity index (χ1) is 18.4. The van der Waals surface area contributed by atoms with E-state index in [1.165, 1.54) is 125 Å². The fourth-order valence-electron chi connectivity index (χ4n) is 4.89. The quantitative estimate of drug-likeness (QED) is 0.0626. The first kappa shape index (κ1) is 38.1. The molecular formula is C33H58BrNO3S. The molecule has 0 radical (unpaired) electrons. The Hall–Kier alpha value is -0.870. The highest BCUT2D eigenvalue weighted by Crippen LogP contribution is 2.19. The maximum Gasteiger partial charge on any atom is 0.141 e. The molecule has 0 spiro atoms. The van der Waals surface area contributed by atoms with E-state index in [2.05, 4.69) is 68.2 Å². The topological polar surface area (TPSA) is 57.2 Å². The Bertz CT molecular complexity index is 828. The summed E-state index contributed by atoms with van der Waals surface area (Å²) in [6, 6.07) is 7.19. The van der Waals surface area contributed by atoms with Gasteiger partial charge in [-0.05, 0) is 79.2 Å². The zero-order valence-electron chi connectivity index (χ0n) is 25.9. The Labute approximate surface area is 251 Å². The first-order valence-corrected chi connectivity index (χ1v) is 17.6. The monoisotopic (exact) mass is 627 g/mol. The molecule has 1 aromatic carbocycles. The normalized spacial score (nSPS) is 11.9. The molecule has 0 heterocycles. The molecule has 6 heteroatoms. The van der Waals surface area contributed by atoms with Gasteiger partial charge in [-0.3, -0.25) is 0 Å². The molecule has 0 aliphatic heterocycles. The third-order valence-corrected chi connectivity index (χ3v) is 8.38. The van der Waals surface area contributed by atoms with Crippen LogP contribution in [0.4, 0.5) is 0 Å². The van der Waals surface area contributed by atoms with Crippen molar-refractivity contribution >= 4 is 26.0 Å². The molecule has 0 aliphatic carbocycles. The molecule has 0 bridgehead atoms. The third-order valence-electron chi connectivity index (χ3n) is 7.25. The van der Waals surface area contributed by atoms with Crippen molar-refractivity contribution in [1.82, 2.24) is 0 Å². The van der Waals surface area contributed by atoms with Crippen LogP contribution in [0.2, 0.25) is 0 Å². The number of rotatable bonds is 20. The van der Waals surface area contributed by atoms with Crippen LogP contribution in [0, 0.1) is 28.5 Å². The third kappa shape index (κ3) is 22.5. The molecule has 1 rings (SSSR count). The molecular weight excluding hydrogens is 570 g/mol. The zero-order chi connectivity index (χ0) is 29.6. The summed E-state index contributed by atoms with van der Waals surface area (Å²) in [5.41, 5.74) is 0. The largest absolute Gasteiger partial charge is 0.744 e. The standard InChI is InChI=1S/C27H53BrN.C6H6O3S/c1-25(2)17-10-7-13-21-29(24-16-20-28,22-14-8-11-18-26(3)4)23-15-9-12-19-27(5)6;7-10(8,9)6-4-2-1-3-5-6/h25-27H,7-15,17-19,21-24H2,1-6H3;1-5H,(H,7,8,9)/q+1;/p-1. The lowest BCUT2D eigenvalue weighted by molar-refractivity contribution is -0.922. The van der Waals surface area contributed by atoms with Crippen molar-refractivity contribution in [3.8, 4) is 10.8 Å². The van der Waals surface area contributed by atoms with Crippen LogP contribution < -0.4 is 0 Å². The van der Waals surface area contributed by atoms with Crippen molar-refractivity contribution in [2.75, 3.05) is 26.2 Å². The minimum absolute atomic E-state index is 0.185. The van der Waals surface area contributed by atoms with E-state index in [4.69, 9.17) is 0 Å². The number of unbranched alkanes of at least 4 members (excludes halogenated alkanes) is 6. The second-order valence-electron chi connectivity index (χ2n) is 12.4. The van der Waals surface area contributed by atoms with Gasteiger partial charge in [-0.1, -0.05) is 98.3 Å². The SMILES string of the molecule is CC(C)CCCCC[N+](CC#CBr)(CCCCCC(C)C)CCCCCC(C)C.O=S(=O)([O-])c1ccccc1. The molecule has 1 aromatic rings. The first-order valence-electron chi connectivity index (χ1n) is 15.4. The van der Waals surface area contributed by atoms with E-state index in [-0.39, 0.29) is 4.90 Å². The molecule has 0 saturated heterocycles. The molecule has 0 amide bonds. The van der Waals surface area contributed by atoms with Gasteiger partial charge >= 0.3 is 0 Å². The van der Waals surface area contributed by atoms with Crippen LogP contribution in [-0.4, -0.2) is 43.6 Å². The summed E-state index contributed by atoms with van der Waals surface area (Å²) in [7, 11) is -4.25. The predicted molar refractivity (Wildman–Crippen MR) is 171 cm³/mol. The molecule has 39 heavy (non-hydrogen) atoms. The second kappa shape index (κ2) is 22.8. The van der Waals surface area contributed by atoms with Crippen LogP contribution in [0.15, 0.2) is 35.2 Å². The number of quaternary nitrogens is 1. The fraction of sp³-hybridized carbons (Fsp3) is 0.758. The molecule has 0 N–H and O–H groups in total. The molecule has 0 unspecified atom stereocenters. The van der Waals surface area contributed by atoms with E-state index in [0.717, 1.165) is 24.3 Å². The van der Waals surface area contributed by atoms with E-state index in [1.54, 1.807) is 6.07 Å². The highest BCUT2D eigenvalue weighted by Gasteiger charge is 2.25. The molecule has 0 aliphatic rings. The number of halogens is 1. The Morgan fingerprint density at radius 1 is 0.692 bits per heavy atom. The number of hydrogen-bond donors (Lipinski definition) is 0. The van der Waals surface area contributed by atoms with E-state index in [0.29, 0.717) is 0 Å². The van der Waals surface area contributed by atoms with Crippen LogP contribution in [0.3, 0.4) is 0 Å². The van der Waals surface area contributed by atoms with Crippen molar-refractivity contribution in [3.63, 3.8) is 0 Å². The molecule has 0 aromatic heterocycles. The Balaban J connectivity index is 0.00000120. The van der Waals surface area contributed by atoms with Crippen LogP contribution in [0.25, 0.3) is 0 Å². The molecule has 0 fully saturated rings. The Kier molecular flexibility index (Phi) is 22.3. The number of benzene rings is 1. The molecule has 0 atom stereocenters. The van der Waals surface area contributed by atoms with Crippen LogP contribution in [0.5, 0.6) is 0 Å². The smallest absolute Gasteiger partial charge is 0.141 e. The van der Waals surface area contributed by atoms with E-state index >= 15 is 0 Å². The van der Waals surface area contributed by atoms with Gasteiger partial charge in [0.1, 0.15) is 16.7 Å². The van der Waals surface area contributed by atoms with Gasteiger partial charge in [-0.15, -0.1) is 0 Å². The van der Waals surface area contributed by atoms with Gasteiger partial charge < -0.3 is 9.04 Å². The van der Waals surface area contributed by atoms with Gasteiger partial charge in [-0.25, -0.2) is 8.42 Å². The van der Waals surface area contributed by atoms with Crippen LogP contribution in [0.1, 0.15) is 119 Å². The second-order valence-corrected chi connectivity index (χ2v) is 14.2. The lowest BCUT2D eigenvalue weighted by atomic mass is 10.0. The molecule has 0 saturated carbocycles. The summed E-state index contributed by atoms with van der Waals surface area (Å²) >= 11 is 3.36. The van der Waals surface area contributed by atoms with Gasteiger partial charge in [0.25, 0.3) is 0 Å². The summed E-state index contributed by atoms with van der Waals surface area (Å²) in [4.78, 5) is 2.83. The average Bonchev–Trinajstić information content (AvgIpc) is 2.86. The van der Waals surface area contributed by atoms with Gasteiger partial charge in [-0.2, -0.15) is 0 Å². The summed E-state index contributed by atoms with van der Waals surface area (Å²) in [5, 5.41) is 0. The van der Waals surface area contributed by atoms with Crippen LogP contribution in [-0.2, 0) is 10.1 Å². The lowest BCUT2D eigenvalue weighted by Crippen LogP contribution is -2.50. The van der Waals surface area contributed by atoms with Gasteiger partial charge in [0.05, 0.1) is 24.5 Å². The van der Waals surface area contributed by atoms with Gasteiger partial charge in [0, 0.05) is 15.9 Å². The fourth-order valence-corrected chi connectivity index (χ4v) is 5.50. The summed E-state index contributed by atoms with van der Waals surface area (Å²) in [6.45, 7) is 19.1. The lowest BCUT2D eigenvalue weighted by Gasteiger charge is -2.38. The molecule has 4 nitrogen and oxygen atoms in total. The highest BCUT2D eigenvalue weighted by atomic mass is 79.9. The minimum Gasteiger partial charge on any atom is -0.744 e. The van der Waals surface area contributed by atoms with E-state index in [1.807, 2.05) is 0 Å². The van der Waals surface area contributed by atoms with Crippen molar-refractivity contribution in [2.24, 2.45) is 17.8 Å². The Morgan fingerprint density at radius 3 is 1.36 bits per heavy atom. The predicted octanol–water partition coefficient (Wildman–Crippen LogP) is 9.40. The van der Waals surface area contributed by atoms with Gasteiger partial charge in [0.2, 0.25) is 0 Å². The minimum atomic E-state index is -4.25. The van der Waals surface area contributed by atoms with Crippen molar-refractivity contribution in [1.29, 1.82) is 0 Å². The van der Waals surface area contributed by atoms with Crippen molar-refractivity contribution in [2.45, 2.75) is 123 Å².